The molecule has 0 saturated carbocycles. The fraction of sp³-hybridized carbons (Fsp3) is 0.875. The minimum Gasteiger partial charge on any atom is -0.463 e. The van der Waals surface area contributed by atoms with Crippen molar-refractivity contribution in [1.82, 2.24) is 0 Å². The van der Waals surface area contributed by atoms with E-state index in [0.717, 1.165) is 0 Å². The minimum atomic E-state index is -0.930. The standard InChI is InChI=1S/C8H18O2SSi/c1-6(2)9-8(12(4)5)10-7(3)11/h6,8,12H,1-5H3. The van der Waals surface area contributed by atoms with Crippen molar-refractivity contribution in [2.24, 2.45) is 0 Å². The molecule has 0 aromatic carbocycles. The van der Waals surface area contributed by atoms with E-state index in [4.69, 9.17) is 21.7 Å². The van der Waals surface area contributed by atoms with Gasteiger partial charge >= 0.3 is 0 Å². The van der Waals surface area contributed by atoms with Gasteiger partial charge < -0.3 is 9.47 Å². The fourth-order valence-electron chi connectivity index (χ4n) is 0.753. The van der Waals surface area contributed by atoms with Crippen molar-refractivity contribution in [3.05, 3.63) is 0 Å². The highest BCUT2D eigenvalue weighted by Crippen LogP contribution is 2.05. The van der Waals surface area contributed by atoms with E-state index in [1.165, 1.54) is 0 Å². The maximum atomic E-state index is 5.57. The first kappa shape index (κ1) is 12.1. The van der Waals surface area contributed by atoms with Crippen LogP contribution in [0.3, 0.4) is 0 Å². The maximum absolute atomic E-state index is 5.57. The van der Waals surface area contributed by atoms with Crippen molar-refractivity contribution in [1.29, 1.82) is 0 Å². The molecule has 0 heterocycles. The Hall–Kier alpha value is 0.0669. The van der Waals surface area contributed by atoms with Crippen LogP contribution in [0.25, 0.3) is 0 Å². The molecule has 2 nitrogen and oxygen atoms in total. The average Bonchev–Trinajstić information content (AvgIpc) is 1.83. The first-order valence-electron chi connectivity index (χ1n) is 4.26. The number of hydrogen-bond acceptors (Lipinski definition) is 3. The Labute approximate surface area is 81.9 Å². The summed E-state index contributed by atoms with van der Waals surface area (Å²) in [7, 11) is -0.930. The molecule has 0 bridgehead atoms. The van der Waals surface area contributed by atoms with Gasteiger partial charge in [0.15, 0.2) is 11.0 Å². The molecule has 0 aliphatic rings. The van der Waals surface area contributed by atoms with Crippen LogP contribution in [-0.4, -0.2) is 25.9 Å². The van der Waals surface area contributed by atoms with Crippen LogP contribution in [0.5, 0.6) is 0 Å². The van der Waals surface area contributed by atoms with E-state index in [1.807, 2.05) is 13.8 Å². The Bertz CT molecular complexity index is 148. The molecule has 0 N–H and O–H groups in total. The van der Waals surface area contributed by atoms with E-state index in [2.05, 4.69) is 13.1 Å². The predicted octanol–water partition coefficient (Wildman–Crippen LogP) is 2.13. The van der Waals surface area contributed by atoms with Crippen molar-refractivity contribution >= 4 is 26.1 Å². The van der Waals surface area contributed by atoms with Gasteiger partial charge in [0, 0.05) is 6.92 Å². The van der Waals surface area contributed by atoms with Crippen LogP contribution < -0.4 is 0 Å². The summed E-state index contributed by atoms with van der Waals surface area (Å²) in [5.41, 5.74) is 0. The first-order valence-corrected chi connectivity index (χ1v) is 7.64. The van der Waals surface area contributed by atoms with Crippen LogP contribution in [0.15, 0.2) is 0 Å². The fourth-order valence-corrected chi connectivity index (χ4v) is 2.05. The van der Waals surface area contributed by atoms with Crippen LogP contribution in [0.2, 0.25) is 13.1 Å². The predicted molar refractivity (Wildman–Crippen MR) is 58.2 cm³/mol. The first-order chi connectivity index (χ1) is 5.43. The van der Waals surface area contributed by atoms with Crippen molar-refractivity contribution in [2.75, 3.05) is 0 Å². The van der Waals surface area contributed by atoms with E-state index >= 15 is 0 Å². The van der Waals surface area contributed by atoms with Crippen molar-refractivity contribution in [2.45, 2.75) is 45.9 Å². The molecular weight excluding hydrogens is 188 g/mol. The molecule has 0 aliphatic heterocycles. The molecule has 4 heteroatoms. The number of thiocarbonyl (C=S) groups is 1. The van der Waals surface area contributed by atoms with Crippen LogP contribution in [-0.2, 0) is 9.47 Å². The zero-order valence-electron chi connectivity index (χ0n) is 8.46. The topological polar surface area (TPSA) is 18.5 Å². The SMILES string of the molecule is CC(=S)OC(OC(C)C)[SiH](C)C. The van der Waals surface area contributed by atoms with Gasteiger partial charge in [-0.25, -0.2) is 0 Å². The molecule has 0 saturated heterocycles. The van der Waals surface area contributed by atoms with Gasteiger partial charge in [0.05, 0.1) is 6.10 Å². The van der Waals surface area contributed by atoms with Crippen LogP contribution in [0.4, 0.5) is 0 Å². The third-order valence-electron chi connectivity index (χ3n) is 1.23. The lowest BCUT2D eigenvalue weighted by Gasteiger charge is -2.23. The van der Waals surface area contributed by atoms with Gasteiger partial charge in [-0.3, -0.25) is 0 Å². The van der Waals surface area contributed by atoms with Crippen LogP contribution in [0.1, 0.15) is 20.8 Å². The second-order valence-electron chi connectivity index (χ2n) is 3.41. The van der Waals surface area contributed by atoms with Crippen molar-refractivity contribution < 1.29 is 9.47 Å². The Kier molecular flexibility index (Phi) is 5.70. The molecule has 0 amide bonds. The molecule has 1 unspecified atom stereocenters. The average molecular weight is 206 g/mol. The van der Waals surface area contributed by atoms with E-state index in [-0.39, 0.29) is 12.0 Å². The zero-order chi connectivity index (χ0) is 9.72. The smallest absolute Gasteiger partial charge is 0.177 e. The second-order valence-corrected chi connectivity index (χ2v) is 7.01. The lowest BCUT2D eigenvalue weighted by Crippen LogP contribution is -2.34. The maximum Gasteiger partial charge on any atom is 0.177 e. The quantitative estimate of drug-likeness (QED) is 0.399. The molecule has 1 atom stereocenters. The van der Waals surface area contributed by atoms with Gasteiger partial charge in [-0.15, -0.1) is 0 Å². The second kappa shape index (κ2) is 5.67. The van der Waals surface area contributed by atoms with E-state index in [9.17, 15) is 0 Å². The third kappa shape index (κ3) is 5.68. The van der Waals surface area contributed by atoms with Crippen LogP contribution >= 0.6 is 12.2 Å². The molecular formula is C8H18O2SSi. The number of ether oxygens (including phenoxy) is 2. The highest BCUT2D eigenvalue weighted by Gasteiger charge is 2.17. The van der Waals surface area contributed by atoms with Gasteiger partial charge in [0.1, 0.15) is 8.80 Å². The van der Waals surface area contributed by atoms with Gasteiger partial charge in [0.25, 0.3) is 0 Å². The number of rotatable bonds is 4. The monoisotopic (exact) mass is 206 g/mol. The molecule has 72 valence electrons. The van der Waals surface area contributed by atoms with Crippen LogP contribution in [0, 0.1) is 0 Å². The molecule has 0 spiro atoms. The Balaban J connectivity index is 3.95. The summed E-state index contributed by atoms with van der Waals surface area (Å²) in [4.78, 5) is 0. The lowest BCUT2D eigenvalue weighted by molar-refractivity contribution is -0.0639. The Morgan fingerprint density at radius 2 is 1.83 bits per heavy atom. The molecule has 0 radical (unpaired) electrons. The van der Waals surface area contributed by atoms with E-state index in [0.29, 0.717) is 5.05 Å². The van der Waals surface area contributed by atoms with Gasteiger partial charge in [-0.05, 0) is 26.1 Å². The highest BCUT2D eigenvalue weighted by molar-refractivity contribution is 7.80. The van der Waals surface area contributed by atoms with Gasteiger partial charge in [-0.2, -0.15) is 0 Å². The molecule has 0 rings (SSSR count). The molecule has 12 heavy (non-hydrogen) atoms. The van der Waals surface area contributed by atoms with Gasteiger partial charge in [-0.1, -0.05) is 13.1 Å². The molecule has 0 aromatic heterocycles. The molecule has 0 aromatic rings. The Morgan fingerprint density at radius 1 is 1.33 bits per heavy atom. The normalized spacial score (nSPS) is 13.6. The number of hydrogen-bond donors (Lipinski definition) is 0. The Morgan fingerprint density at radius 3 is 2.08 bits per heavy atom. The van der Waals surface area contributed by atoms with Gasteiger partial charge in [0.2, 0.25) is 0 Å². The minimum absolute atomic E-state index is 0.0671. The summed E-state index contributed by atoms with van der Waals surface area (Å²) < 4.78 is 11.0. The molecule has 0 fully saturated rings. The van der Waals surface area contributed by atoms with Crippen molar-refractivity contribution in [3.63, 3.8) is 0 Å². The zero-order valence-corrected chi connectivity index (χ0v) is 10.4. The summed E-state index contributed by atoms with van der Waals surface area (Å²) in [5, 5.41) is 0.571. The summed E-state index contributed by atoms with van der Waals surface area (Å²) in [6.07, 6.45) is 0.208. The third-order valence-corrected chi connectivity index (χ3v) is 2.71. The largest absolute Gasteiger partial charge is 0.463 e. The van der Waals surface area contributed by atoms with E-state index < -0.39 is 8.80 Å². The summed E-state index contributed by atoms with van der Waals surface area (Å²) in [6.45, 7) is 10.2. The van der Waals surface area contributed by atoms with E-state index in [1.54, 1.807) is 6.92 Å². The summed E-state index contributed by atoms with van der Waals surface area (Å²) in [5.74, 6) is -0.0671. The summed E-state index contributed by atoms with van der Waals surface area (Å²) >= 11 is 4.86. The lowest BCUT2D eigenvalue weighted by atomic mass is 10.5. The molecule has 0 aliphatic carbocycles. The highest BCUT2D eigenvalue weighted by atomic mass is 32.1. The summed E-state index contributed by atoms with van der Waals surface area (Å²) in [6, 6.07) is 0. The van der Waals surface area contributed by atoms with Crippen molar-refractivity contribution in [3.8, 4) is 0 Å².